The zero-order valence-corrected chi connectivity index (χ0v) is 19.6. The fraction of sp³-hybridized carbons (Fsp3) is 0.400. The zero-order valence-electron chi connectivity index (χ0n) is 17.9. The molecular weight excluding hydrogens is 488 g/mol. The van der Waals surface area contributed by atoms with Crippen LogP contribution in [0.2, 0.25) is 5.02 Å². The Morgan fingerprint density at radius 3 is 2.39 bits per heavy atom. The van der Waals surface area contributed by atoms with Gasteiger partial charge in [0.1, 0.15) is 22.8 Å². The average molecular weight is 511 g/mol. The van der Waals surface area contributed by atoms with Crippen LogP contribution in [-0.4, -0.2) is 34.3 Å². The Kier molecular flexibility index (Phi) is 9.13. The maximum absolute atomic E-state index is 12.7. The van der Waals surface area contributed by atoms with Gasteiger partial charge >= 0.3 is 13.8 Å². The number of hydrogen-bond acceptors (Lipinski definition) is 6. The minimum atomic E-state index is -4.58. The number of alkyl halides is 3. The lowest BCUT2D eigenvalue weighted by Gasteiger charge is -2.19. The molecule has 0 fully saturated rings. The Morgan fingerprint density at radius 1 is 1.24 bits per heavy atom. The van der Waals surface area contributed by atoms with Crippen molar-refractivity contribution < 1.29 is 41.4 Å². The van der Waals surface area contributed by atoms with E-state index in [2.05, 4.69) is 10.3 Å². The normalized spacial score (nSPS) is 15.3. The molecule has 2 N–H and O–H groups in total. The second kappa shape index (κ2) is 11.2. The van der Waals surface area contributed by atoms with Crippen LogP contribution in [-0.2, 0) is 20.1 Å². The second-order valence-corrected chi connectivity index (χ2v) is 9.21. The van der Waals surface area contributed by atoms with Crippen molar-refractivity contribution in [1.82, 2.24) is 10.3 Å². The molecule has 0 saturated carbocycles. The summed E-state index contributed by atoms with van der Waals surface area (Å²) < 4.78 is 65.9. The number of amides is 1. The molecule has 1 aromatic heterocycles. The lowest BCUT2D eigenvalue weighted by molar-refractivity contribution is -0.137. The molecule has 3 atom stereocenters. The first-order chi connectivity index (χ1) is 15.3. The first-order valence-corrected chi connectivity index (χ1v) is 11.9. The van der Waals surface area contributed by atoms with E-state index >= 15 is 0 Å². The monoisotopic (exact) mass is 510 g/mol. The number of pyridine rings is 1. The van der Waals surface area contributed by atoms with Crippen LogP contribution in [0.4, 0.5) is 13.2 Å². The van der Waals surface area contributed by atoms with E-state index in [1.54, 1.807) is 13.8 Å². The first kappa shape index (κ1) is 26.9. The van der Waals surface area contributed by atoms with Crippen molar-refractivity contribution in [2.75, 3.05) is 6.29 Å². The number of halogens is 4. The van der Waals surface area contributed by atoms with Crippen molar-refractivity contribution in [3.05, 3.63) is 47.1 Å². The third-order valence-corrected chi connectivity index (χ3v) is 5.75. The Morgan fingerprint density at radius 2 is 1.85 bits per heavy atom. The second-order valence-electron chi connectivity index (χ2n) is 7.00. The summed E-state index contributed by atoms with van der Waals surface area (Å²) in [6, 6.07) is 6.51. The number of carbonyl (C=O) groups is 1. The van der Waals surface area contributed by atoms with Gasteiger partial charge in [-0.1, -0.05) is 18.5 Å². The summed E-state index contributed by atoms with van der Waals surface area (Å²) >= 11 is 5.81. The molecule has 0 aliphatic heterocycles. The van der Waals surface area contributed by atoms with Gasteiger partial charge in [-0.3, -0.25) is 9.36 Å². The van der Waals surface area contributed by atoms with Crippen LogP contribution in [0.5, 0.6) is 17.4 Å². The van der Waals surface area contributed by atoms with Gasteiger partial charge in [0.05, 0.1) is 11.7 Å². The summed E-state index contributed by atoms with van der Waals surface area (Å²) in [6.45, 7) is 4.89. The van der Waals surface area contributed by atoms with Gasteiger partial charge in [-0.05, 0) is 50.6 Å². The van der Waals surface area contributed by atoms with Gasteiger partial charge in [0, 0.05) is 6.20 Å². The van der Waals surface area contributed by atoms with E-state index in [0.717, 1.165) is 0 Å². The molecule has 2 rings (SSSR count). The summed E-state index contributed by atoms with van der Waals surface area (Å²) in [5.41, 5.74) is -1.00. The SMILES string of the molecule is CCC(C)OP(=O)(O)CNC(=O)C(C)Oc1ccc(Oc2ncc(C(F)(F)F)cc2Cl)cc1. The minimum Gasteiger partial charge on any atom is -0.481 e. The minimum absolute atomic E-state index is 0.209. The van der Waals surface area contributed by atoms with E-state index in [1.807, 2.05) is 0 Å². The van der Waals surface area contributed by atoms with Crippen LogP contribution in [0.25, 0.3) is 0 Å². The molecule has 8 nitrogen and oxygen atoms in total. The highest BCUT2D eigenvalue weighted by Crippen LogP contribution is 2.42. The van der Waals surface area contributed by atoms with E-state index in [-0.39, 0.29) is 22.4 Å². The topological polar surface area (TPSA) is 107 Å². The molecule has 0 saturated heterocycles. The Labute approximate surface area is 193 Å². The molecule has 3 unspecified atom stereocenters. The van der Waals surface area contributed by atoms with Crippen LogP contribution in [0, 0.1) is 0 Å². The molecule has 0 spiro atoms. The fourth-order valence-corrected chi connectivity index (χ4v) is 3.67. The smallest absolute Gasteiger partial charge is 0.417 e. The molecular formula is C20H23ClF3N2O6P. The molecule has 0 aliphatic carbocycles. The molecule has 2 aromatic rings. The Bertz CT molecular complexity index is 1010. The van der Waals surface area contributed by atoms with Crippen molar-refractivity contribution in [3.63, 3.8) is 0 Å². The van der Waals surface area contributed by atoms with Crippen molar-refractivity contribution in [1.29, 1.82) is 0 Å². The lowest BCUT2D eigenvalue weighted by atomic mass is 10.3. The van der Waals surface area contributed by atoms with Gasteiger partial charge in [0.2, 0.25) is 5.88 Å². The number of nitrogens with one attached hydrogen (secondary N) is 1. The van der Waals surface area contributed by atoms with Gasteiger partial charge in [0.25, 0.3) is 5.91 Å². The molecule has 33 heavy (non-hydrogen) atoms. The van der Waals surface area contributed by atoms with E-state index < -0.39 is 43.7 Å². The third-order valence-electron chi connectivity index (χ3n) is 4.23. The van der Waals surface area contributed by atoms with Gasteiger partial charge in [-0.2, -0.15) is 13.2 Å². The standard InChI is InChI=1S/C20H23ClF3N2O6P/c1-4-12(2)32-33(28,29)11-26-18(27)13(3)30-15-5-7-16(8-6-15)31-19-17(21)9-14(10-25-19)20(22,23)24/h5-10,12-13H,4,11H2,1-3H3,(H,26,27)(H,28,29). The maximum Gasteiger partial charge on any atom is 0.417 e. The molecule has 0 radical (unpaired) electrons. The van der Waals surface area contributed by atoms with Crippen molar-refractivity contribution in [2.24, 2.45) is 0 Å². The molecule has 182 valence electrons. The van der Waals surface area contributed by atoms with Gasteiger partial charge < -0.3 is 24.2 Å². The molecule has 1 heterocycles. The van der Waals surface area contributed by atoms with E-state index in [0.29, 0.717) is 18.7 Å². The number of rotatable bonds is 10. The fourth-order valence-electron chi connectivity index (χ4n) is 2.33. The highest BCUT2D eigenvalue weighted by molar-refractivity contribution is 7.52. The number of carbonyl (C=O) groups excluding carboxylic acids is 1. The summed E-state index contributed by atoms with van der Waals surface area (Å²) in [5.74, 6) is -0.339. The molecule has 0 aliphatic rings. The van der Waals surface area contributed by atoms with Crippen LogP contribution >= 0.6 is 19.2 Å². The maximum atomic E-state index is 12.7. The first-order valence-electron chi connectivity index (χ1n) is 9.76. The molecule has 1 amide bonds. The average Bonchev–Trinajstić information content (AvgIpc) is 2.73. The van der Waals surface area contributed by atoms with Crippen LogP contribution in [0.15, 0.2) is 36.5 Å². The van der Waals surface area contributed by atoms with Gasteiger partial charge in [0.15, 0.2) is 6.10 Å². The number of aromatic nitrogens is 1. The zero-order chi connectivity index (χ0) is 24.8. The third kappa shape index (κ3) is 8.51. The van der Waals surface area contributed by atoms with Crippen molar-refractivity contribution in [3.8, 4) is 17.4 Å². The van der Waals surface area contributed by atoms with Crippen LogP contribution < -0.4 is 14.8 Å². The van der Waals surface area contributed by atoms with Crippen LogP contribution in [0.3, 0.4) is 0 Å². The van der Waals surface area contributed by atoms with E-state index in [1.165, 1.54) is 31.2 Å². The van der Waals surface area contributed by atoms with E-state index in [4.69, 9.17) is 25.6 Å². The van der Waals surface area contributed by atoms with Crippen molar-refractivity contribution in [2.45, 2.75) is 45.6 Å². The number of benzene rings is 1. The molecule has 0 bridgehead atoms. The quantitative estimate of drug-likeness (QED) is 0.413. The molecule has 1 aromatic carbocycles. The summed E-state index contributed by atoms with van der Waals surface area (Å²) in [7, 11) is -3.98. The van der Waals surface area contributed by atoms with Crippen molar-refractivity contribution >= 4 is 25.1 Å². The van der Waals surface area contributed by atoms with E-state index in [9.17, 15) is 27.4 Å². The Balaban J connectivity index is 1.92. The van der Waals surface area contributed by atoms with Gasteiger partial charge in [-0.15, -0.1) is 0 Å². The van der Waals surface area contributed by atoms with Gasteiger partial charge in [-0.25, -0.2) is 4.98 Å². The highest BCUT2D eigenvalue weighted by atomic mass is 35.5. The summed E-state index contributed by atoms with van der Waals surface area (Å²) in [4.78, 5) is 25.5. The largest absolute Gasteiger partial charge is 0.481 e. The summed E-state index contributed by atoms with van der Waals surface area (Å²) in [5, 5.41) is 2.00. The Hall–Kier alpha value is -2.33. The van der Waals surface area contributed by atoms with Crippen LogP contribution in [0.1, 0.15) is 32.8 Å². The number of nitrogens with zero attached hydrogens (tertiary/aromatic N) is 1. The number of ether oxygens (including phenoxy) is 2. The summed E-state index contributed by atoms with van der Waals surface area (Å²) in [6.07, 6.45) is -5.41. The predicted molar refractivity (Wildman–Crippen MR) is 115 cm³/mol. The highest BCUT2D eigenvalue weighted by Gasteiger charge is 2.32. The number of hydrogen-bond donors (Lipinski definition) is 2. The predicted octanol–water partition coefficient (Wildman–Crippen LogP) is 5.39. The lowest BCUT2D eigenvalue weighted by Crippen LogP contribution is -2.37. The molecule has 13 heteroatoms.